The SMILES string of the molecule is Cc1ccc(NC2CCOC(C(C)C)C2)cc1I. The number of anilines is 1. The molecule has 1 saturated heterocycles. The van der Waals surface area contributed by atoms with Crippen LogP contribution in [0.15, 0.2) is 18.2 Å². The van der Waals surface area contributed by atoms with Crippen molar-refractivity contribution in [2.24, 2.45) is 5.92 Å². The van der Waals surface area contributed by atoms with Crippen molar-refractivity contribution in [1.29, 1.82) is 0 Å². The normalized spacial score (nSPS) is 24.3. The lowest BCUT2D eigenvalue weighted by Crippen LogP contribution is -2.36. The van der Waals surface area contributed by atoms with E-state index in [9.17, 15) is 0 Å². The highest BCUT2D eigenvalue weighted by molar-refractivity contribution is 14.1. The van der Waals surface area contributed by atoms with Gasteiger partial charge in [-0.15, -0.1) is 0 Å². The van der Waals surface area contributed by atoms with Crippen LogP contribution in [-0.2, 0) is 4.74 Å². The second kappa shape index (κ2) is 6.24. The van der Waals surface area contributed by atoms with Crippen molar-refractivity contribution in [3.05, 3.63) is 27.3 Å². The molecule has 0 aliphatic carbocycles. The van der Waals surface area contributed by atoms with Crippen molar-refractivity contribution >= 4 is 28.3 Å². The van der Waals surface area contributed by atoms with Gasteiger partial charge in [0, 0.05) is 21.9 Å². The molecule has 1 N–H and O–H groups in total. The molecule has 0 saturated carbocycles. The number of benzene rings is 1. The number of halogens is 1. The van der Waals surface area contributed by atoms with Crippen molar-refractivity contribution in [2.75, 3.05) is 11.9 Å². The predicted molar refractivity (Wildman–Crippen MR) is 85.1 cm³/mol. The molecule has 1 heterocycles. The van der Waals surface area contributed by atoms with Gasteiger partial charge >= 0.3 is 0 Å². The van der Waals surface area contributed by atoms with E-state index >= 15 is 0 Å². The molecule has 0 aromatic heterocycles. The number of hydrogen-bond acceptors (Lipinski definition) is 2. The first-order chi connectivity index (χ1) is 8.56. The fraction of sp³-hybridized carbons (Fsp3) is 0.600. The zero-order valence-electron chi connectivity index (χ0n) is 11.4. The summed E-state index contributed by atoms with van der Waals surface area (Å²) in [7, 11) is 0. The Morgan fingerprint density at radius 2 is 2.17 bits per heavy atom. The molecule has 1 aromatic rings. The van der Waals surface area contributed by atoms with Gasteiger partial charge in [-0.05, 0) is 66.0 Å². The Morgan fingerprint density at radius 3 is 2.83 bits per heavy atom. The van der Waals surface area contributed by atoms with E-state index in [2.05, 4.69) is 66.9 Å². The standard InChI is InChI=1S/C15H22INO/c1-10(2)15-9-13(6-7-18-15)17-12-5-4-11(3)14(16)8-12/h4-5,8,10,13,15,17H,6-7,9H2,1-3H3. The maximum Gasteiger partial charge on any atom is 0.0617 e. The maximum atomic E-state index is 5.81. The van der Waals surface area contributed by atoms with E-state index in [1.165, 1.54) is 14.8 Å². The molecule has 1 aromatic carbocycles. The number of ether oxygens (including phenoxy) is 1. The van der Waals surface area contributed by atoms with Crippen molar-refractivity contribution in [3.63, 3.8) is 0 Å². The lowest BCUT2D eigenvalue weighted by molar-refractivity contribution is -0.0160. The Balaban J connectivity index is 1.98. The highest BCUT2D eigenvalue weighted by Crippen LogP contribution is 2.24. The summed E-state index contributed by atoms with van der Waals surface area (Å²) >= 11 is 2.39. The summed E-state index contributed by atoms with van der Waals surface area (Å²) in [6.45, 7) is 7.50. The largest absolute Gasteiger partial charge is 0.382 e. The summed E-state index contributed by atoms with van der Waals surface area (Å²) in [5.74, 6) is 0.604. The minimum atomic E-state index is 0.403. The van der Waals surface area contributed by atoms with Crippen molar-refractivity contribution < 1.29 is 4.74 Å². The minimum absolute atomic E-state index is 0.403. The number of aryl methyl sites for hydroxylation is 1. The number of rotatable bonds is 3. The molecular weight excluding hydrogens is 337 g/mol. The van der Waals surface area contributed by atoms with E-state index in [0.29, 0.717) is 18.1 Å². The summed E-state index contributed by atoms with van der Waals surface area (Å²) in [5, 5.41) is 3.65. The van der Waals surface area contributed by atoms with Crippen LogP contribution in [0.1, 0.15) is 32.3 Å². The number of nitrogens with one attached hydrogen (secondary N) is 1. The van der Waals surface area contributed by atoms with E-state index in [-0.39, 0.29) is 0 Å². The molecular formula is C15H22INO. The second-order valence-electron chi connectivity index (χ2n) is 5.48. The third-order valence-electron chi connectivity index (χ3n) is 3.60. The van der Waals surface area contributed by atoms with Gasteiger partial charge in [-0.2, -0.15) is 0 Å². The summed E-state index contributed by atoms with van der Waals surface area (Å²) in [6, 6.07) is 7.14. The van der Waals surface area contributed by atoms with Crippen LogP contribution in [0.5, 0.6) is 0 Å². The summed E-state index contributed by atoms with van der Waals surface area (Å²) in [4.78, 5) is 0. The highest BCUT2D eigenvalue weighted by atomic mass is 127. The lowest BCUT2D eigenvalue weighted by atomic mass is 9.95. The van der Waals surface area contributed by atoms with Crippen LogP contribution in [0, 0.1) is 16.4 Å². The van der Waals surface area contributed by atoms with Crippen LogP contribution in [0.25, 0.3) is 0 Å². The molecule has 2 atom stereocenters. The molecule has 18 heavy (non-hydrogen) atoms. The third kappa shape index (κ3) is 3.60. The average molecular weight is 359 g/mol. The first kappa shape index (κ1) is 14.1. The van der Waals surface area contributed by atoms with Gasteiger partial charge in [0.2, 0.25) is 0 Å². The van der Waals surface area contributed by atoms with Gasteiger partial charge in [-0.25, -0.2) is 0 Å². The van der Waals surface area contributed by atoms with Gasteiger partial charge in [0.1, 0.15) is 0 Å². The van der Waals surface area contributed by atoms with Crippen LogP contribution in [0.3, 0.4) is 0 Å². The minimum Gasteiger partial charge on any atom is -0.382 e. The Bertz CT molecular complexity index is 405. The van der Waals surface area contributed by atoms with E-state index in [0.717, 1.165) is 19.4 Å². The van der Waals surface area contributed by atoms with Gasteiger partial charge in [-0.3, -0.25) is 0 Å². The quantitative estimate of drug-likeness (QED) is 0.817. The average Bonchev–Trinajstić information content (AvgIpc) is 2.34. The molecule has 2 unspecified atom stereocenters. The first-order valence-corrected chi connectivity index (χ1v) is 7.78. The molecule has 0 spiro atoms. The van der Waals surface area contributed by atoms with Crippen LogP contribution in [-0.4, -0.2) is 18.8 Å². The molecule has 1 fully saturated rings. The Labute approximate surface area is 124 Å². The topological polar surface area (TPSA) is 21.3 Å². The van der Waals surface area contributed by atoms with Crippen LogP contribution in [0.4, 0.5) is 5.69 Å². The van der Waals surface area contributed by atoms with Gasteiger partial charge in [0.15, 0.2) is 0 Å². The van der Waals surface area contributed by atoms with E-state index < -0.39 is 0 Å². The molecule has 3 heteroatoms. The lowest BCUT2D eigenvalue weighted by Gasteiger charge is -2.33. The maximum absolute atomic E-state index is 5.81. The van der Waals surface area contributed by atoms with Crippen molar-refractivity contribution in [3.8, 4) is 0 Å². The fourth-order valence-corrected chi connectivity index (χ4v) is 2.86. The Hall–Kier alpha value is -0.290. The smallest absolute Gasteiger partial charge is 0.0617 e. The Morgan fingerprint density at radius 1 is 1.39 bits per heavy atom. The number of hydrogen-bond donors (Lipinski definition) is 1. The molecule has 1 aliphatic rings. The zero-order chi connectivity index (χ0) is 13.1. The fourth-order valence-electron chi connectivity index (χ4n) is 2.34. The molecule has 100 valence electrons. The van der Waals surface area contributed by atoms with Crippen LogP contribution >= 0.6 is 22.6 Å². The first-order valence-electron chi connectivity index (χ1n) is 6.70. The van der Waals surface area contributed by atoms with Crippen molar-refractivity contribution in [2.45, 2.75) is 45.8 Å². The van der Waals surface area contributed by atoms with Crippen LogP contribution < -0.4 is 5.32 Å². The molecule has 1 aliphatic heterocycles. The molecule has 0 radical (unpaired) electrons. The van der Waals surface area contributed by atoms with Gasteiger partial charge < -0.3 is 10.1 Å². The van der Waals surface area contributed by atoms with Gasteiger partial charge in [-0.1, -0.05) is 19.9 Å². The van der Waals surface area contributed by atoms with Gasteiger partial charge in [0.25, 0.3) is 0 Å². The summed E-state index contributed by atoms with van der Waals surface area (Å²) < 4.78 is 7.13. The second-order valence-corrected chi connectivity index (χ2v) is 6.65. The molecule has 2 rings (SSSR count). The molecule has 0 amide bonds. The highest BCUT2D eigenvalue weighted by Gasteiger charge is 2.24. The zero-order valence-corrected chi connectivity index (χ0v) is 13.5. The monoisotopic (exact) mass is 359 g/mol. The third-order valence-corrected chi connectivity index (χ3v) is 4.76. The van der Waals surface area contributed by atoms with E-state index in [1.54, 1.807) is 0 Å². The van der Waals surface area contributed by atoms with Crippen molar-refractivity contribution in [1.82, 2.24) is 0 Å². The van der Waals surface area contributed by atoms with Gasteiger partial charge in [0.05, 0.1) is 6.10 Å². The van der Waals surface area contributed by atoms with E-state index in [4.69, 9.17) is 4.74 Å². The van der Waals surface area contributed by atoms with Crippen LogP contribution in [0.2, 0.25) is 0 Å². The summed E-state index contributed by atoms with van der Waals surface area (Å²) in [6.07, 6.45) is 2.62. The summed E-state index contributed by atoms with van der Waals surface area (Å²) in [5.41, 5.74) is 2.58. The molecule has 0 bridgehead atoms. The predicted octanol–water partition coefficient (Wildman–Crippen LogP) is 4.22. The molecule has 2 nitrogen and oxygen atoms in total. The van der Waals surface area contributed by atoms with E-state index in [1.807, 2.05) is 0 Å². The Kier molecular flexibility index (Phi) is 4.90.